The van der Waals surface area contributed by atoms with E-state index in [9.17, 15) is 4.79 Å². The average Bonchev–Trinajstić information content (AvgIpc) is 2.40. The molecule has 3 nitrogen and oxygen atoms in total. The molecule has 2 aliphatic rings. The first kappa shape index (κ1) is 15.0. The van der Waals surface area contributed by atoms with Gasteiger partial charge in [0.05, 0.1) is 12.0 Å². The quantitative estimate of drug-likeness (QED) is 0.808. The number of ketones is 1. The summed E-state index contributed by atoms with van der Waals surface area (Å²) in [7, 11) is 0. The van der Waals surface area contributed by atoms with Crippen molar-refractivity contribution < 1.29 is 9.53 Å². The number of hydrogen-bond acceptors (Lipinski definition) is 3. The summed E-state index contributed by atoms with van der Waals surface area (Å²) in [4.78, 5) is 14.9. The van der Waals surface area contributed by atoms with Gasteiger partial charge in [0.2, 0.25) is 0 Å². The molecule has 1 spiro atoms. The molecule has 0 N–H and O–H groups in total. The van der Waals surface area contributed by atoms with Gasteiger partial charge in [0.1, 0.15) is 11.4 Å². The molecule has 1 saturated heterocycles. The van der Waals surface area contributed by atoms with Crippen LogP contribution in [0.1, 0.15) is 43.5 Å². The van der Waals surface area contributed by atoms with Gasteiger partial charge in [0, 0.05) is 36.9 Å². The Kier molecular flexibility index (Phi) is 4.10. The van der Waals surface area contributed by atoms with E-state index >= 15 is 0 Å². The van der Waals surface area contributed by atoms with E-state index in [0.29, 0.717) is 12.3 Å². The van der Waals surface area contributed by atoms with Gasteiger partial charge in [-0.1, -0.05) is 29.8 Å². The number of Topliss-reactive ketones (excluding diaryl/α,β-unsaturated/α-hetero) is 1. The van der Waals surface area contributed by atoms with Gasteiger partial charge in [-0.05, 0) is 24.1 Å². The Morgan fingerprint density at radius 1 is 1.33 bits per heavy atom. The van der Waals surface area contributed by atoms with Gasteiger partial charge in [0.25, 0.3) is 0 Å². The standard InChI is InChI=1S/C17H22BrNO2/c1-12(2)11-19-7-5-17(6-8-19)10-15(20)14-4-3-13(18)9-16(14)21-17/h3-4,9,12H,5-8,10-11H2,1-2H3. The van der Waals surface area contributed by atoms with E-state index in [1.165, 1.54) is 0 Å². The van der Waals surface area contributed by atoms with E-state index in [0.717, 1.165) is 48.3 Å². The van der Waals surface area contributed by atoms with E-state index in [4.69, 9.17) is 4.74 Å². The minimum atomic E-state index is -0.279. The Morgan fingerprint density at radius 2 is 2.05 bits per heavy atom. The van der Waals surface area contributed by atoms with Crippen LogP contribution in [-0.4, -0.2) is 35.9 Å². The van der Waals surface area contributed by atoms with E-state index in [1.54, 1.807) is 0 Å². The first-order chi connectivity index (χ1) is 9.97. The maximum atomic E-state index is 12.4. The van der Waals surface area contributed by atoms with Crippen molar-refractivity contribution >= 4 is 21.7 Å². The summed E-state index contributed by atoms with van der Waals surface area (Å²) in [6.45, 7) is 7.67. The summed E-state index contributed by atoms with van der Waals surface area (Å²) in [5.74, 6) is 1.66. The molecule has 3 rings (SSSR count). The summed E-state index contributed by atoms with van der Waals surface area (Å²) in [6.07, 6.45) is 2.41. The molecule has 0 radical (unpaired) electrons. The molecular weight excluding hydrogens is 330 g/mol. The summed E-state index contributed by atoms with van der Waals surface area (Å²) >= 11 is 3.46. The Hall–Kier alpha value is -0.870. The SMILES string of the molecule is CC(C)CN1CCC2(CC1)CC(=O)c1ccc(Br)cc1O2. The summed E-state index contributed by atoms with van der Waals surface area (Å²) in [6, 6.07) is 5.69. The molecule has 0 unspecified atom stereocenters. The number of ether oxygens (including phenoxy) is 1. The van der Waals surface area contributed by atoms with Crippen LogP contribution in [0.3, 0.4) is 0 Å². The first-order valence-electron chi connectivity index (χ1n) is 7.72. The lowest BCUT2D eigenvalue weighted by atomic mass is 9.82. The van der Waals surface area contributed by atoms with Gasteiger partial charge in [-0.3, -0.25) is 4.79 Å². The smallest absolute Gasteiger partial charge is 0.170 e. The Labute approximate surface area is 134 Å². The first-order valence-corrected chi connectivity index (χ1v) is 8.51. The van der Waals surface area contributed by atoms with Crippen LogP contribution < -0.4 is 4.74 Å². The van der Waals surface area contributed by atoms with E-state index in [2.05, 4.69) is 34.7 Å². The number of nitrogens with zero attached hydrogens (tertiary/aromatic N) is 1. The lowest BCUT2D eigenvalue weighted by Gasteiger charge is -2.44. The third kappa shape index (κ3) is 3.16. The number of piperidine rings is 1. The van der Waals surface area contributed by atoms with Crippen LogP contribution in [-0.2, 0) is 0 Å². The molecule has 2 aliphatic heterocycles. The van der Waals surface area contributed by atoms with E-state index in [-0.39, 0.29) is 11.4 Å². The van der Waals surface area contributed by atoms with Crippen molar-refractivity contribution in [2.75, 3.05) is 19.6 Å². The van der Waals surface area contributed by atoms with Crippen LogP contribution in [0.15, 0.2) is 22.7 Å². The van der Waals surface area contributed by atoms with Crippen molar-refractivity contribution in [1.29, 1.82) is 0 Å². The molecular formula is C17H22BrNO2. The van der Waals surface area contributed by atoms with E-state index < -0.39 is 0 Å². The minimum Gasteiger partial charge on any atom is -0.486 e. The number of hydrogen-bond donors (Lipinski definition) is 0. The predicted molar refractivity (Wildman–Crippen MR) is 87.0 cm³/mol. The fourth-order valence-electron chi connectivity index (χ4n) is 3.41. The van der Waals surface area contributed by atoms with Crippen LogP contribution in [0.25, 0.3) is 0 Å². The minimum absolute atomic E-state index is 0.223. The normalized spacial score (nSPS) is 21.4. The lowest BCUT2D eigenvalue weighted by Crippen LogP contribution is -2.51. The molecule has 0 aromatic heterocycles. The number of fused-ring (bicyclic) bond motifs is 1. The van der Waals surface area contributed by atoms with Crippen molar-refractivity contribution in [3.8, 4) is 5.75 Å². The molecule has 0 amide bonds. The topological polar surface area (TPSA) is 29.5 Å². The van der Waals surface area contributed by atoms with Crippen molar-refractivity contribution in [1.82, 2.24) is 4.90 Å². The summed E-state index contributed by atoms with van der Waals surface area (Å²) in [5.41, 5.74) is 0.451. The molecule has 1 aromatic carbocycles. The number of halogens is 1. The predicted octanol–water partition coefficient (Wildman–Crippen LogP) is 3.90. The second-order valence-corrected chi connectivity index (χ2v) is 7.64. The van der Waals surface area contributed by atoms with Crippen LogP contribution in [0.4, 0.5) is 0 Å². The van der Waals surface area contributed by atoms with E-state index in [1.807, 2.05) is 18.2 Å². The number of carbonyl (C=O) groups excluding carboxylic acids is 1. The van der Waals surface area contributed by atoms with Gasteiger partial charge in [-0.15, -0.1) is 0 Å². The molecule has 1 aromatic rings. The fourth-order valence-corrected chi connectivity index (χ4v) is 3.75. The van der Waals surface area contributed by atoms with Gasteiger partial charge < -0.3 is 9.64 Å². The monoisotopic (exact) mass is 351 g/mol. The maximum absolute atomic E-state index is 12.4. The highest BCUT2D eigenvalue weighted by Crippen LogP contribution is 2.40. The Morgan fingerprint density at radius 3 is 2.71 bits per heavy atom. The van der Waals surface area contributed by atoms with Crippen LogP contribution >= 0.6 is 15.9 Å². The highest BCUT2D eigenvalue weighted by Gasteiger charge is 2.42. The molecule has 21 heavy (non-hydrogen) atoms. The molecule has 2 heterocycles. The molecule has 0 saturated carbocycles. The van der Waals surface area contributed by atoms with Gasteiger partial charge in [-0.2, -0.15) is 0 Å². The van der Waals surface area contributed by atoms with Gasteiger partial charge in [0.15, 0.2) is 5.78 Å². The lowest BCUT2D eigenvalue weighted by molar-refractivity contribution is -0.0111. The molecule has 0 atom stereocenters. The number of carbonyl (C=O) groups is 1. The van der Waals surface area contributed by atoms with Crippen LogP contribution in [0.5, 0.6) is 5.75 Å². The molecule has 114 valence electrons. The third-order valence-corrected chi connectivity index (χ3v) is 4.94. The summed E-state index contributed by atoms with van der Waals surface area (Å²) in [5, 5.41) is 0. The zero-order chi connectivity index (χ0) is 15.0. The Balaban J connectivity index is 1.75. The zero-order valence-electron chi connectivity index (χ0n) is 12.7. The third-order valence-electron chi connectivity index (χ3n) is 4.44. The highest BCUT2D eigenvalue weighted by molar-refractivity contribution is 9.10. The van der Waals surface area contributed by atoms with Crippen LogP contribution in [0.2, 0.25) is 0 Å². The molecule has 0 bridgehead atoms. The highest BCUT2D eigenvalue weighted by atomic mass is 79.9. The second kappa shape index (κ2) is 5.73. The number of likely N-dealkylation sites (tertiary alicyclic amines) is 1. The van der Waals surface area contributed by atoms with Crippen molar-refractivity contribution in [2.45, 2.75) is 38.7 Å². The number of benzene rings is 1. The molecule has 1 fully saturated rings. The van der Waals surface area contributed by atoms with Crippen molar-refractivity contribution in [3.63, 3.8) is 0 Å². The van der Waals surface area contributed by atoms with Crippen LogP contribution in [0, 0.1) is 5.92 Å². The molecule has 4 heteroatoms. The average molecular weight is 352 g/mol. The second-order valence-electron chi connectivity index (χ2n) is 6.72. The summed E-state index contributed by atoms with van der Waals surface area (Å²) < 4.78 is 7.25. The van der Waals surface area contributed by atoms with Crippen molar-refractivity contribution in [2.24, 2.45) is 5.92 Å². The largest absolute Gasteiger partial charge is 0.486 e. The van der Waals surface area contributed by atoms with Gasteiger partial charge in [-0.25, -0.2) is 0 Å². The number of rotatable bonds is 2. The van der Waals surface area contributed by atoms with Crippen molar-refractivity contribution in [3.05, 3.63) is 28.2 Å². The fraction of sp³-hybridized carbons (Fsp3) is 0.588. The zero-order valence-corrected chi connectivity index (χ0v) is 14.3. The Bertz CT molecular complexity index is 548. The maximum Gasteiger partial charge on any atom is 0.170 e. The molecule has 0 aliphatic carbocycles. The van der Waals surface area contributed by atoms with Gasteiger partial charge >= 0.3 is 0 Å².